The topological polar surface area (TPSA) is 38.3 Å². The first kappa shape index (κ1) is 14.8. The van der Waals surface area contributed by atoms with Gasteiger partial charge < -0.3 is 14.3 Å². The van der Waals surface area contributed by atoms with Crippen LogP contribution in [0, 0.1) is 0 Å². The summed E-state index contributed by atoms with van der Waals surface area (Å²) < 4.78 is 45.7. The van der Waals surface area contributed by atoms with Crippen LogP contribution in [-0.4, -0.2) is 25.3 Å². The zero-order chi connectivity index (χ0) is 13.6. The van der Waals surface area contributed by atoms with Crippen LogP contribution in [0.1, 0.15) is 11.7 Å². The summed E-state index contributed by atoms with van der Waals surface area (Å²) in [7, 11) is 0. The Morgan fingerprint density at radius 3 is 2.78 bits per heavy atom. The first-order chi connectivity index (χ1) is 8.49. The molecule has 1 aromatic carbocycles. The summed E-state index contributed by atoms with van der Waals surface area (Å²) in [4.78, 5) is 10.1. The van der Waals surface area contributed by atoms with E-state index in [0.29, 0.717) is 12.0 Å². The molecule has 100 valence electrons. The maximum absolute atomic E-state index is 12.8. The fraction of sp³-hybridized carbons (Fsp3) is 0.364. The highest BCUT2D eigenvalue weighted by molar-refractivity contribution is 7.99. The Kier molecular flexibility index (Phi) is 5.49. The molecule has 0 aromatic heterocycles. The summed E-state index contributed by atoms with van der Waals surface area (Å²) >= 11 is 1.27. The lowest BCUT2D eigenvalue weighted by Crippen LogP contribution is -2.24. The van der Waals surface area contributed by atoms with Gasteiger partial charge in [0.05, 0.1) is 0 Å². The zero-order valence-electron chi connectivity index (χ0n) is 9.53. The fourth-order valence-corrected chi connectivity index (χ4v) is 1.76. The van der Waals surface area contributed by atoms with Crippen molar-refractivity contribution in [2.24, 2.45) is 0 Å². The molecular weight excluding hydrogens is 267 g/mol. The normalized spacial score (nSPS) is 13.1. The van der Waals surface area contributed by atoms with Gasteiger partial charge in [-0.05, 0) is 17.7 Å². The maximum Gasteiger partial charge on any atom is 0.418 e. The molecule has 1 rings (SSSR count). The average molecular weight is 279 g/mol. The number of ether oxygens (including phenoxy) is 1. The molecule has 0 aliphatic rings. The third kappa shape index (κ3) is 4.23. The molecule has 1 aromatic rings. The van der Waals surface area contributed by atoms with Crippen LogP contribution in [0.3, 0.4) is 0 Å². The number of hydrogen-bond donors (Lipinski definition) is 1. The number of alkyl halides is 3. The largest absolute Gasteiger partial charge is 0.418 e. The number of halogens is 3. The third-order valence-electron chi connectivity index (χ3n) is 2.04. The molecule has 0 amide bonds. The quantitative estimate of drug-likeness (QED) is 0.641. The summed E-state index contributed by atoms with van der Waals surface area (Å²) in [5.41, 5.74) is 0.507. The van der Waals surface area contributed by atoms with Crippen molar-refractivity contribution in [1.82, 2.24) is 0 Å². The summed E-state index contributed by atoms with van der Waals surface area (Å²) in [6, 6.07) is 5.80. The molecule has 1 atom stereocenters. The summed E-state index contributed by atoms with van der Waals surface area (Å²) in [5, 5.41) is 0. The van der Waals surface area contributed by atoms with Crippen LogP contribution >= 0.6 is 11.9 Å². The Balaban J connectivity index is 2.97. The molecule has 0 bridgehead atoms. The maximum atomic E-state index is 12.8. The lowest BCUT2D eigenvalue weighted by Gasteiger charge is -2.20. The lowest BCUT2D eigenvalue weighted by atomic mass is 10.1. The predicted molar refractivity (Wildman–Crippen MR) is 64.4 cm³/mol. The number of carbonyl (C=O) groups excluding carboxylic acids is 1. The summed E-state index contributed by atoms with van der Waals surface area (Å²) in [5.74, 6) is 0. The molecule has 0 spiro atoms. The van der Waals surface area contributed by atoms with Gasteiger partial charge in [-0.25, -0.2) is 0 Å². The lowest BCUT2D eigenvalue weighted by molar-refractivity contribution is -0.221. The van der Waals surface area contributed by atoms with Gasteiger partial charge in [0.2, 0.25) is 0 Å². The second kappa shape index (κ2) is 6.65. The van der Waals surface area contributed by atoms with Crippen molar-refractivity contribution in [1.29, 1.82) is 0 Å². The Hall–Kier alpha value is -1.21. The second-order valence-corrected chi connectivity index (χ2v) is 3.97. The minimum atomic E-state index is -4.55. The highest BCUT2D eigenvalue weighted by atomic mass is 32.2. The van der Waals surface area contributed by atoms with Gasteiger partial charge in [0.15, 0.2) is 6.10 Å². The van der Waals surface area contributed by atoms with E-state index in [1.165, 1.54) is 30.1 Å². The van der Waals surface area contributed by atoms with E-state index in [4.69, 9.17) is 0 Å². The van der Waals surface area contributed by atoms with Gasteiger partial charge in [-0.2, -0.15) is 13.2 Å². The van der Waals surface area contributed by atoms with Crippen LogP contribution in [0.15, 0.2) is 24.3 Å². The minimum absolute atomic E-state index is 0.0385. The highest BCUT2D eigenvalue weighted by Crippen LogP contribution is 2.36. The number of rotatable bonds is 6. The van der Waals surface area contributed by atoms with E-state index in [9.17, 15) is 18.0 Å². The number of aldehydes is 1. The van der Waals surface area contributed by atoms with E-state index in [2.05, 4.69) is 9.46 Å². The van der Waals surface area contributed by atoms with Gasteiger partial charge in [0.25, 0.3) is 0 Å². The van der Waals surface area contributed by atoms with E-state index in [1.54, 1.807) is 12.3 Å². The number of anilines is 1. The second-order valence-electron chi connectivity index (χ2n) is 3.35. The molecule has 18 heavy (non-hydrogen) atoms. The van der Waals surface area contributed by atoms with Crippen LogP contribution in [0.5, 0.6) is 0 Å². The molecule has 0 aliphatic carbocycles. The van der Waals surface area contributed by atoms with E-state index in [-0.39, 0.29) is 5.56 Å². The third-order valence-corrected chi connectivity index (χ3v) is 2.48. The van der Waals surface area contributed by atoms with Crippen molar-refractivity contribution in [2.45, 2.75) is 12.3 Å². The van der Waals surface area contributed by atoms with Crippen molar-refractivity contribution >= 4 is 23.9 Å². The van der Waals surface area contributed by atoms with Gasteiger partial charge in [-0.1, -0.05) is 24.1 Å². The number of carbonyl (C=O) groups is 1. The van der Waals surface area contributed by atoms with E-state index in [1.807, 2.05) is 0 Å². The fourth-order valence-electron chi connectivity index (χ4n) is 1.40. The van der Waals surface area contributed by atoms with Gasteiger partial charge >= 0.3 is 6.18 Å². The van der Waals surface area contributed by atoms with Crippen LogP contribution in [0.25, 0.3) is 0 Å². The number of benzene rings is 1. The molecule has 7 heteroatoms. The average Bonchev–Trinajstić information content (AvgIpc) is 2.29. The van der Waals surface area contributed by atoms with Gasteiger partial charge in [0, 0.05) is 11.9 Å². The molecular formula is C11H12F3NO2S. The SMILES string of the molecule is CSNc1cccc(C(OCC=O)C(F)(F)F)c1. The molecule has 0 aliphatic heterocycles. The summed E-state index contributed by atoms with van der Waals surface area (Å²) in [6.45, 7) is -0.593. The number of nitrogens with one attached hydrogen (secondary N) is 1. The van der Waals surface area contributed by atoms with Crippen LogP contribution in [0.2, 0.25) is 0 Å². The Morgan fingerprint density at radius 2 is 2.22 bits per heavy atom. The summed E-state index contributed by atoms with van der Waals surface area (Å²) in [6.07, 6.45) is -4.59. The van der Waals surface area contributed by atoms with E-state index >= 15 is 0 Å². The van der Waals surface area contributed by atoms with Gasteiger partial charge in [-0.3, -0.25) is 0 Å². The smallest absolute Gasteiger partial charge is 0.357 e. The molecule has 0 radical (unpaired) electrons. The molecule has 1 unspecified atom stereocenters. The molecule has 3 nitrogen and oxygen atoms in total. The van der Waals surface area contributed by atoms with Crippen LogP contribution in [-0.2, 0) is 9.53 Å². The molecule has 1 N–H and O–H groups in total. The Bertz CT molecular complexity index is 398. The van der Waals surface area contributed by atoms with Gasteiger partial charge in [0.1, 0.15) is 12.9 Å². The molecule has 0 heterocycles. The van der Waals surface area contributed by atoms with Gasteiger partial charge in [-0.15, -0.1) is 0 Å². The van der Waals surface area contributed by atoms with Crippen molar-refractivity contribution in [3.63, 3.8) is 0 Å². The first-order valence-electron chi connectivity index (χ1n) is 5.00. The van der Waals surface area contributed by atoms with Crippen molar-refractivity contribution < 1.29 is 22.7 Å². The van der Waals surface area contributed by atoms with E-state index in [0.717, 1.165) is 0 Å². The van der Waals surface area contributed by atoms with Crippen molar-refractivity contribution in [2.75, 3.05) is 17.6 Å². The minimum Gasteiger partial charge on any atom is -0.357 e. The highest BCUT2D eigenvalue weighted by Gasteiger charge is 2.41. The monoisotopic (exact) mass is 279 g/mol. The Morgan fingerprint density at radius 1 is 1.50 bits per heavy atom. The number of hydrogen-bond acceptors (Lipinski definition) is 4. The molecule has 0 fully saturated rings. The molecule has 0 saturated carbocycles. The molecule has 0 saturated heterocycles. The van der Waals surface area contributed by atoms with Crippen LogP contribution in [0.4, 0.5) is 18.9 Å². The first-order valence-corrected chi connectivity index (χ1v) is 6.22. The van der Waals surface area contributed by atoms with Crippen LogP contribution < -0.4 is 4.72 Å². The van der Waals surface area contributed by atoms with Crippen molar-refractivity contribution in [3.8, 4) is 0 Å². The standard InChI is InChI=1S/C11H12F3NO2S/c1-18-15-9-4-2-3-8(7-9)10(11(12,13)14)17-6-5-16/h2-5,7,10,15H,6H2,1H3. The van der Waals surface area contributed by atoms with E-state index < -0.39 is 18.9 Å². The van der Waals surface area contributed by atoms with Crippen molar-refractivity contribution in [3.05, 3.63) is 29.8 Å². The Labute approximate surface area is 107 Å². The zero-order valence-corrected chi connectivity index (χ0v) is 10.3. The predicted octanol–water partition coefficient (Wildman–Crippen LogP) is 3.20.